The Morgan fingerprint density at radius 2 is 1.75 bits per heavy atom. The average Bonchev–Trinajstić information content (AvgIpc) is 3.11. The highest BCUT2D eigenvalue weighted by atomic mass is 16.7. The topological polar surface area (TPSA) is 155 Å². The van der Waals surface area contributed by atoms with E-state index in [9.17, 15) is 19.2 Å². The third-order valence-corrected chi connectivity index (χ3v) is 4.75. The van der Waals surface area contributed by atoms with E-state index in [1.165, 1.54) is 12.3 Å². The Morgan fingerprint density at radius 3 is 2.41 bits per heavy atom. The van der Waals surface area contributed by atoms with E-state index in [0.29, 0.717) is 5.56 Å². The maximum absolute atomic E-state index is 12.4. The van der Waals surface area contributed by atoms with Crippen LogP contribution in [0.1, 0.15) is 16.6 Å². The van der Waals surface area contributed by atoms with Crippen LogP contribution in [0.15, 0.2) is 59.5 Å². The van der Waals surface area contributed by atoms with E-state index in [1.54, 1.807) is 35.8 Å². The number of nitrogens with zero attached hydrogens (tertiary/aromatic N) is 2. The summed E-state index contributed by atoms with van der Waals surface area (Å²) in [4.78, 5) is 52.4. The van der Waals surface area contributed by atoms with Crippen LogP contribution in [0.5, 0.6) is 0 Å². The number of hydrogen-bond donors (Lipinski definition) is 2. The maximum atomic E-state index is 12.4. The van der Waals surface area contributed by atoms with Crippen LogP contribution in [0.3, 0.4) is 0 Å². The number of ether oxygens (including phenoxy) is 4. The lowest BCUT2D eigenvalue weighted by atomic mass is 10.1. The monoisotopic (exact) mass is 443 g/mol. The number of rotatable bonds is 5. The fourth-order valence-corrected chi connectivity index (χ4v) is 3.30. The van der Waals surface area contributed by atoms with Crippen molar-refractivity contribution >= 4 is 23.7 Å². The molecule has 2 N–H and O–H groups in total. The molecule has 0 aliphatic carbocycles. The molecule has 0 amide bonds. The van der Waals surface area contributed by atoms with Crippen LogP contribution >= 0.6 is 0 Å². The van der Waals surface area contributed by atoms with Gasteiger partial charge in [0, 0.05) is 18.3 Å². The summed E-state index contributed by atoms with van der Waals surface area (Å²) in [6.07, 6.45) is -1.67. The molecule has 3 heterocycles. The Labute approximate surface area is 179 Å². The molecule has 0 bridgehead atoms. The van der Waals surface area contributed by atoms with E-state index in [0.717, 1.165) is 16.7 Å². The van der Waals surface area contributed by atoms with Gasteiger partial charge in [0.25, 0.3) is 0 Å². The van der Waals surface area contributed by atoms with Crippen LogP contribution in [0.2, 0.25) is 0 Å². The number of carbonyl (C=O) groups is 3. The highest BCUT2D eigenvalue weighted by Gasteiger charge is 2.51. The summed E-state index contributed by atoms with van der Waals surface area (Å²) in [7, 11) is 0. The second-order valence-electron chi connectivity index (χ2n) is 6.78. The van der Waals surface area contributed by atoms with Gasteiger partial charge in [-0.25, -0.2) is 19.2 Å². The molecular formula is C20H17N3O9. The summed E-state index contributed by atoms with van der Waals surface area (Å²) >= 11 is 0. The van der Waals surface area contributed by atoms with Gasteiger partial charge >= 0.3 is 23.6 Å². The molecule has 12 heteroatoms. The Balaban J connectivity index is 1.61. The zero-order chi connectivity index (χ0) is 22.7. The molecule has 1 fully saturated rings. The van der Waals surface area contributed by atoms with Gasteiger partial charge in [-0.1, -0.05) is 18.2 Å². The molecule has 32 heavy (non-hydrogen) atoms. The van der Waals surface area contributed by atoms with Crippen molar-refractivity contribution in [3.05, 3.63) is 70.8 Å². The molecule has 1 aromatic carbocycles. The number of carbonyl (C=O) groups excluding carboxylic acids is 3. The van der Waals surface area contributed by atoms with Crippen molar-refractivity contribution in [1.29, 1.82) is 0 Å². The fourth-order valence-electron chi connectivity index (χ4n) is 3.30. The molecule has 2 aliphatic heterocycles. The second-order valence-corrected chi connectivity index (χ2v) is 6.78. The molecule has 4 rings (SSSR count). The molecule has 2 aliphatic rings. The molecule has 12 nitrogen and oxygen atoms in total. The number of esters is 3. The average molecular weight is 443 g/mol. The molecule has 0 saturated carbocycles. The molecule has 0 radical (unpaired) electrons. The first-order valence-electron chi connectivity index (χ1n) is 9.42. The van der Waals surface area contributed by atoms with Gasteiger partial charge in [0.15, 0.2) is 24.3 Å². The first-order valence-corrected chi connectivity index (χ1v) is 9.42. The van der Waals surface area contributed by atoms with Crippen LogP contribution in [-0.4, -0.2) is 57.6 Å². The van der Waals surface area contributed by atoms with Gasteiger partial charge in [0.2, 0.25) is 0 Å². The smallest absolute Gasteiger partial charge is 0.351 e. The first kappa shape index (κ1) is 21.2. The quantitative estimate of drug-likeness (QED) is 0.370. The number of benzene rings is 1. The largest absolute Gasteiger partial charge is 0.459 e. The Bertz CT molecular complexity index is 1110. The lowest BCUT2D eigenvalue weighted by molar-refractivity contribution is -0.164. The van der Waals surface area contributed by atoms with Crippen molar-refractivity contribution in [3.8, 4) is 0 Å². The highest BCUT2D eigenvalue weighted by molar-refractivity contribution is 5.92. The lowest BCUT2D eigenvalue weighted by Crippen LogP contribution is -2.43. The normalized spacial score (nSPS) is 25.5. The molecule has 2 aromatic rings. The first-order chi connectivity index (χ1) is 15.5. The molecular weight excluding hydrogens is 426 g/mol. The van der Waals surface area contributed by atoms with E-state index in [4.69, 9.17) is 24.2 Å². The van der Waals surface area contributed by atoms with Crippen LogP contribution < -0.4 is 11.2 Å². The molecule has 0 spiro atoms. The Hall–Kier alpha value is -4.03. The number of anilines is 1. The third-order valence-electron chi connectivity index (χ3n) is 4.75. The summed E-state index contributed by atoms with van der Waals surface area (Å²) in [5.74, 6) is -2.42. The molecule has 166 valence electrons. The van der Waals surface area contributed by atoms with Crippen molar-refractivity contribution in [1.82, 2.24) is 9.55 Å². The van der Waals surface area contributed by atoms with Gasteiger partial charge in [0.1, 0.15) is 12.7 Å². The molecule has 4 atom stereocenters. The fraction of sp³-hybridized carbons (Fsp3) is 0.250. The van der Waals surface area contributed by atoms with Gasteiger partial charge in [-0.2, -0.15) is 4.98 Å². The summed E-state index contributed by atoms with van der Waals surface area (Å²) in [6.45, 7) is -0.349. The van der Waals surface area contributed by atoms with Crippen LogP contribution in [0, 0.1) is 0 Å². The van der Waals surface area contributed by atoms with E-state index >= 15 is 0 Å². The minimum absolute atomic E-state index is 0.113. The van der Waals surface area contributed by atoms with Crippen molar-refractivity contribution in [2.75, 3.05) is 12.1 Å². The van der Waals surface area contributed by atoms with Crippen molar-refractivity contribution < 1.29 is 38.5 Å². The summed E-state index contributed by atoms with van der Waals surface area (Å²) in [5.41, 5.74) is 1.21. The summed E-state index contributed by atoms with van der Waals surface area (Å²) < 4.78 is 22.8. The van der Waals surface area contributed by atoms with Crippen molar-refractivity contribution in [3.63, 3.8) is 0 Å². The van der Waals surface area contributed by atoms with Gasteiger partial charge in [-0.3, -0.25) is 15.3 Å². The third kappa shape index (κ3) is 4.36. The van der Waals surface area contributed by atoms with Gasteiger partial charge < -0.3 is 18.9 Å². The number of aromatic nitrogens is 2. The van der Waals surface area contributed by atoms with E-state index in [1.807, 2.05) is 0 Å². The Kier molecular flexibility index (Phi) is 5.96. The minimum atomic E-state index is -1.24. The molecule has 1 aromatic heterocycles. The second kappa shape index (κ2) is 8.99. The van der Waals surface area contributed by atoms with Gasteiger partial charge in [-0.05, 0) is 18.2 Å². The standard InChI is InChI=1S/C20H17N3O9/c24-14-6-7-15(25)32-17-16(31-14)12(10-29-19(26)11-4-2-1-3-5-11)30-18(17)23-9-8-13(22-28)21-20(23)27/h1-9,12,16-18,28H,10H2,(H,21,22,27)/b7-6-/t12-,16?,17-,18?/m1/s1. The van der Waals surface area contributed by atoms with Crippen LogP contribution in [-0.2, 0) is 28.5 Å². The zero-order valence-electron chi connectivity index (χ0n) is 16.3. The molecule has 2 unspecified atom stereocenters. The van der Waals surface area contributed by atoms with Crippen LogP contribution in [0.4, 0.5) is 5.82 Å². The lowest BCUT2D eigenvalue weighted by Gasteiger charge is -2.25. The predicted molar refractivity (Wildman–Crippen MR) is 103 cm³/mol. The minimum Gasteiger partial charge on any atom is -0.459 e. The van der Waals surface area contributed by atoms with Gasteiger partial charge in [-0.15, -0.1) is 0 Å². The SMILES string of the molecule is O=C1/C=C\C(=O)O[C@@H]2C(O1)[C@@H](COC(=O)c1ccccc1)OC2n1ccc(NO)nc1=O. The number of hydrogen-bond acceptors (Lipinski definition) is 11. The summed E-state index contributed by atoms with van der Waals surface area (Å²) in [5, 5.41) is 8.92. The molecule has 1 saturated heterocycles. The van der Waals surface area contributed by atoms with E-state index in [-0.39, 0.29) is 12.4 Å². The summed E-state index contributed by atoms with van der Waals surface area (Å²) in [6, 6.07) is 9.48. The Morgan fingerprint density at radius 1 is 1.06 bits per heavy atom. The number of fused-ring (bicyclic) bond motifs is 1. The predicted octanol–water partition coefficient (Wildman–Crippen LogP) is 0.192. The van der Waals surface area contributed by atoms with Crippen LogP contribution in [0.25, 0.3) is 0 Å². The number of nitrogens with one attached hydrogen (secondary N) is 1. The van der Waals surface area contributed by atoms with Crippen molar-refractivity contribution in [2.45, 2.75) is 24.5 Å². The van der Waals surface area contributed by atoms with E-state index < -0.39 is 48.1 Å². The highest BCUT2D eigenvalue weighted by Crippen LogP contribution is 2.34. The maximum Gasteiger partial charge on any atom is 0.351 e. The zero-order valence-corrected chi connectivity index (χ0v) is 16.3. The van der Waals surface area contributed by atoms with Crippen molar-refractivity contribution in [2.24, 2.45) is 0 Å². The van der Waals surface area contributed by atoms with E-state index in [2.05, 4.69) is 4.98 Å². The van der Waals surface area contributed by atoms with Gasteiger partial charge in [0.05, 0.1) is 5.56 Å².